The summed E-state index contributed by atoms with van der Waals surface area (Å²) in [6.45, 7) is 2.44. The number of likely N-dealkylation sites (N-methyl/N-ethyl adjacent to an activating group) is 1. The lowest BCUT2D eigenvalue weighted by molar-refractivity contribution is 0.302. The molecule has 0 aromatic carbocycles. The van der Waals surface area contributed by atoms with Gasteiger partial charge in [0.05, 0.1) is 5.75 Å². The van der Waals surface area contributed by atoms with E-state index in [1.807, 2.05) is 0 Å². The summed E-state index contributed by atoms with van der Waals surface area (Å²) in [5, 5.41) is 7.99. The van der Waals surface area contributed by atoms with Crippen molar-refractivity contribution in [3.05, 3.63) is 0 Å². The second-order valence-corrected chi connectivity index (χ2v) is 5.58. The predicted molar refractivity (Wildman–Crippen MR) is 56.5 cm³/mol. The molecule has 1 fully saturated rings. The molecule has 3 N–H and O–H groups in total. The standard InChI is InChI=1S/C8H19N3O2S/c1-11-5-2-3-8(11)7-10-4-6-14(9,12)13/h8,10H,2-7H2,1H3,(H2,9,12,13). The van der Waals surface area contributed by atoms with Crippen LogP contribution >= 0.6 is 0 Å². The highest BCUT2D eigenvalue weighted by Gasteiger charge is 2.19. The molecular weight excluding hydrogens is 202 g/mol. The minimum absolute atomic E-state index is 0.0173. The molecule has 0 spiro atoms. The molecule has 0 aromatic heterocycles. The fourth-order valence-electron chi connectivity index (χ4n) is 1.72. The van der Waals surface area contributed by atoms with Crippen molar-refractivity contribution >= 4 is 10.0 Å². The van der Waals surface area contributed by atoms with Gasteiger partial charge in [0.25, 0.3) is 0 Å². The van der Waals surface area contributed by atoms with Crippen molar-refractivity contribution in [2.24, 2.45) is 5.14 Å². The van der Waals surface area contributed by atoms with Crippen molar-refractivity contribution in [2.75, 3.05) is 32.4 Å². The fourth-order valence-corrected chi connectivity index (χ4v) is 2.15. The lowest BCUT2D eigenvalue weighted by Crippen LogP contribution is -2.37. The molecule has 1 aliphatic heterocycles. The van der Waals surface area contributed by atoms with E-state index in [2.05, 4.69) is 17.3 Å². The van der Waals surface area contributed by atoms with Gasteiger partial charge >= 0.3 is 0 Å². The van der Waals surface area contributed by atoms with E-state index in [-0.39, 0.29) is 5.75 Å². The van der Waals surface area contributed by atoms with Gasteiger partial charge in [-0.1, -0.05) is 0 Å². The molecule has 1 unspecified atom stereocenters. The van der Waals surface area contributed by atoms with E-state index in [0.29, 0.717) is 12.6 Å². The highest BCUT2D eigenvalue weighted by atomic mass is 32.2. The molecule has 6 heteroatoms. The highest BCUT2D eigenvalue weighted by Crippen LogP contribution is 2.13. The third kappa shape index (κ3) is 4.36. The molecule has 1 atom stereocenters. The summed E-state index contributed by atoms with van der Waals surface area (Å²) in [5.41, 5.74) is 0. The number of hydrogen-bond acceptors (Lipinski definition) is 4. The van der Waals surface area contributed by atoms with E-state index in [0.717, 1.165) is 13.1 Å². The maximum absolute atomic E-state index is 10.6. The van der Waals surface area contributed by atoms with Crippen LogP contribution in [0.5, 0.6) is 0 Å². The molecule has 0 saturated carbocycles. The normalized spacial score (nSPS) is 24.3. The van der Waals surface area contributed by atoms with Crippen molar-refractivity contribution in [2.45, 2.75) is 18.9 Å². The fraction of sp³-hybridized carbons (Fsp3) is 1.00. The monoisotopic (exact) mass is 221 g/mol. The Morgan fingerprint density at radius 1 is 1.57 bits per heavy atom. The zero-order chi connectivity index (χ0) is 10.6. The maximum Gasteiger partial charge on any atom is 0.210 e. The first kappa shape index (κ1) is 11.9. The number of sulfonamides is 1. The molecule has 1 saturated heterocycles. The molecule has 1 aliphatic rings. The molecule has 1 heterocycles. The molecule has 1 rings (SSSR count). The van der Waals surface area contributed by atoms with Crippen molar-refractivity contribution < 1.29 is 8.42 Å². The van der Waals surface area contributed by atoms with Gasteiger partial charge in [-0.05, 0) is 26.4 Å². The Morgan fingerprint density at radius 2 is 2.29 bits per heavy atom. The summed E-state index contributed by atoms with van der Waals surface area (Å²) in [7, 11) is -1.21. The molecule has 0 radical (unpaired) electrons. The van der Waals surface area contributed by atoms with Gasteiger partial charge in [-0.3, -0.25) is 0 Å². The van der Waals surface area contributed by atoms with Gasteiger partial charge < -0.3 is 10.2 Å². The Kier molecular flexibility index (Phi) is 4.31. The zero-order valence-electron chi connectivity index (χ0n) is 8.57. The number of likely N-dealkylation sites (tertiary alicyclic amines) is 1. The maximum atomic E-state index is 10.6. The second-order valence-electron chi connectivity index (χ2n) is 3.85. The van der Waals surface area contributed by atoms with E-state index in [1.54, 1.807) is 0 Å². The van der Waals surface area contributed by atoms with Crippen molar-refractivity contribution in [1.29, 1.82) is 0 Å². The summed E-state index contributed by atoms with van der Waals surface area (Å²) in [6.07, 6.45) is 2.43. The molecular formula is C8H19N3O2S. The molecule has 84 valence electrons. The number of nitrogens with two attached hydrogens (primary N) is 1. The van der Waals surface area contributed by atoms with Gasteiger partial charge in [-0.2, -0.15) is 0 Å². The van der Waals surface area contributed by atoms with Gasteiger partial charge in [-0.25, -0.2) is 13.6 Å². The van der Waals surface area contributed by atoms with E-state index in [9.17, 15) is 8.42 Å². The van der Waals surface area contributed by atoms with Crippen molar-refractivity contribution in [3.63, 3.8) is 0 Å². The van der Waals surface area contributed by atoms with Crippen LogP contribution in [-0.4, -0.2) is 51.8 Å². The predicted octanol–water partition coefficient (Wildman–Crippen LogP) is -1.04. The van der Waals surface area contributed by atoms with E-state index >= 15 is 0 Å². The summed E-state index contributed by atoms with van der Waals surface area (Å²) in [4.78, 5) is 2.30. The van der Waals surface area contributed by atoms with Crippen molar-refractivity contribution in [1.82, 2.24) is 10.2 Å². The second kappa shape index (κ2) is 5.06. The Bertz CT molecular complexity index is 266. The molecule has 5 nitrogen and oxygen atoms in total. The first-order valence-electron chi connectivity index (χ1n) is 4.90. The topological polar surface area (TPSA) is 75.4 Å². The Morgan fingerprint density at radius 3 is 2.79 bits per heavy atom. The van der Waals surface area contributed by atoms with Gasteiger partial charge in [0.15, 0.2) is 0 Å². The first-order valence-corrected chi connectivity index (χ1v) is 6.62. The summed E-state index contributed by atoms with van der Waals surface area (Å²) < 4.78 is 21.2. The van der Waals surface area contributed by atoms with Crippen LogP contribution in [0.25, 0.3) is 0 Å². The largest absolute Gasteiger partial charge is 0.314 e. The van der Waals surface area contributed by atoms with Crippen LogP contribution in [-0.2, 0) is 10.0 Å². The van der Waals surface area contributed by atoms with Crippen LogP contribution in [0.15, 0.2) is 0 Å². The van der Waals surface area contributed by atoms with E-state index in [1.165, 1.54) is 12.8 Å². The van der Waals surface area contributed by atoms with Crippen LogP contribution in [0.2, 0.25) is 0 Å². The summed E-state index contributed by atoms with van der Waals surface area (Å²) in [5.74, 6) is 0.0173. The summed E-state index contributed by atoms with van der Waals surface area (Å²) in [6, 6.07) is 0.551. The zero-order valence-corrected chi connectivity index (χ0v) is 9.39. The van der Waals surface area contributed by atoms with Crippen LogP contribution in [0.4, 0.5) is 0 Å². The lowest BCUT2D eigenvalue weighted by atomic mass is 10.2. The first-order chi connectivity index (χ1) is 6.49. The van der Waals surface area contributed by atoms with Gasteiger partial charge in [0, 0.05) is 19.1 Å². The third-order valence-corrected chi connectivity index (χ3v) is 3.39. The minimum atomic E-state index is -3.31. The van der Waals surface area contributed by atoms with E-state index in [4.69, 9.17) is 5.14 Å². The molecule has 0 aliphatic carbocycles. The van der Waals surface area contributed by atoms with Gasteiger partial charge in [0.2, 0.25) is 10.0 Å². The minimum Gasteiger partial charge on any atom is -0.314 e. The lowest BCUT2D eigenvalue weighted by Gasteiger charge is -2.19. The van der Waals surface area contributed by atoms with Crippen LogP contribution in [0, 0.1) is 0 Å². The Balaban J connectivity index is 2.09. The van der Waals surface area contributed by atoms with Crippen LogP contribution < -0.4 is 10.5 Å². The highest BCUT2D eigenvalue weighted by molar-refractivity contribution is 7.89. The third-order valence-electron chi connectivity index (χ3n) is 2.61. The van der Waals surface area contributed by atoms with Crippen LogP contribution in [0.3, 0.4) is 0 Å². The number of nitrogens with one attached hydrogen (secondary N) is 1. The molecule has 0 amide bonds. The molecule has 0 aromatic rings. The SMILES string of the molecule is CN1CCCC1CNCCS(N)(=O)=O. The van der Waals surface area contributed by atoms with Crippen molar-refractivity contribution in [3.8, 4) is 0 Å². The van der Waals surface area contributed by atoms with Crippen LogP contribution in [0.1, 0.15) is 12.8 Å². The molecule has 14 heavy (non-hydrogen) atoms. The number of hydrogen-bond donors (Lipinski definition) is 2. The average Bonchev–Trinajstić information content (AvgIpc) is 2.44. The Hall–Kier alpha value is -0.170. The average molecular weight is 221 g/mol. The number of nitrogens with zero attached hydrogens (tertiary/aromatic N) is 1. The quantitative estimate of drug-likeness (QED) is 0.581. The number of primary sulfonamides is 1. The Labute approximate surface area is 85.7 Å². The number of rotatable bonds is 5. The van der Waals surface area contributed by atoms with Gasteiger partial charge in [-0.15, -0.1) is 0 Å². The smallest absolute Gasteiger partial charge is 0.210 e. The van der Waals surface area contributed by atoms with Gasteiger partial charge in [0.1, 0.15) is 0 Å². The van der Waals surface area contributed by atoms with E-state index < -0.39 is 10.0 Å². The summed E-state index contributed by atoms with van der Waals surface area (Å²) >= 11 is 0. The molecule has 0 bridgehead atoms.